The van der Waals surface area contributed by atoms with Gasteiger partial charge in [-0.25, -0.2) is 0 Å². The SMILES string of the molecule is CC(C)CC(CN(C)C)NC(=O)C1CC2CCCCC2N1. The lowest BCUT2D eigenvalue weighted by atomic mass is 9.85. The highest BCUT2D eigenvalue weighted by molar-refractivity contribution is 5.82. The van der Waals surface area contributed by atoms with E-state index in [0.717, 1.165) is 25.3 Å². The lowest BCUT2D eigenvalue weighted by Crippen LogP contribution is -2.49. The van der Waals surface area contributed by atoms with Crippen LogP contribution in [0.15, 0.2) is 0 Å². The summed E-state index contributed by atoms with van der Waals surface area (Å²) in [4.78, 5) is 14.7. The summed E-state index contributed by atoms with van der Waals surface area (Å²) in [5.41, 5.74) is 0. The first-order valence-electron chi connectivity index (χ1n) is 8.67. The molecule has 4 nitrogen and oxygen atoms in total. The standard InChI is InChI=1S/C17H33N3O/c1-12(2)9-14(11-20(3)4)18-17(21)16-10-13-7-5-6-8-15(13)19-16/h12-16,19H,5-11H2,1-4H3,(H,18,21). The van der Waals surface area contributed by atoms with Crippen molar-refractivity contribution < 1.29 is 4.79 Å². The number of fused-ring (bicyclic) bond motifs is 1. The molecule has 2 rings (SSSR count). The highest BCUT2D eigenvalue weighted by Crippen LogP contribution is 2.33. The van der Waals surface area contributed by atoms with E-state index < -0.39 is 0 Å². The Balaban J connectivity index is 1.86. The molecular formula is C17H33N3O. The summed E-state index contributed by atoms with van der Waals surface area (Å²) in [5.74, 6) is 1.55. The quantitative estimate of drug-likeness (QED) is 0.788. The van der Waals surface area contributed by atoms with E-state index in [0.29, 0.717) is 12.0 Å². The molecule has 1 aliphatic carbocycles. The summed E-state index contributed by atoms with van der Waals surface area (Å²) < 4.78 is 0. The third-order valence-electron chi connectivity index (χ3n) is 4.87. The molecule has 2 N–H and O–H groups in total. The van der Waals surface area contributed by atoms with E-state index in [-0.39, 0.29) is 18.0 Å². The Bertz CT molecular complexity index is 319. The van der Waals surface area contributed by atoms with Crippen molar-refractivity contribution >= 4 is 5.91 Å². The molecule has 1 saturated heterocycles. The van der Waals surface area contributed by atoms with Gasteiger partial charge in [0.05, 0.1) is 6.04 Å². The van der Waals surface area contributed by atoms with E-state index in [1.54, 1.807) is 0 Å². The average Bonchev–Trinajstić information content (AvgIpc) is 2.80. The van der Waals surface area contributed by atoms with E-state index >= 15 is 0 Å². The summed E-state index contributed by atoms with van der Waals surface area (Å²) in [6, 6.07) is 0.888. The predicted molar refractivity (Wildman–Crippen MR) is 87.2 cm³/mol. The Morgan fingerprint density at radius 1 is 1.29 bits per heavy atom. The Kier molecular flexibility index (Phi) is 6.06. The minimum absolute atomic E-state index is 0.0370. The maximum Gasteiger partial charge on any atom is 0.237 e. The van der Waals surface area contributed by atoms with Crippen LogP contribution in [-0.2, 0) is 4.79 Å². The van der Waals surface area contributed by atoms with Crippen LogP contribution in [0.4, 0.5) is 0 Å². The van der Waals surface area contributed by atoms with E-state index in [4.69, 9.17) is 0 Å². The van der Waals surface area contributed by atoms with Crippen molar-refractivity contribution in [3.8, 4) is 0 Å². The molecule has 4 heteroatoms. The van der Waals surface area contributed by atoms with Crippen LogP contribution in [0.25, 0.3) is 0 Å². The smallest absolute Gasteiger partial charge is 0.237 e. The summed E-state index contributed by atoms with van der Waals surface area (Å²) in [7, 11) is 4.14. The van der Waals surface area contributed by atoms with Gasteiger partial charge in [-0.3, -0.25) is 4.79 Å². The summed E-state index contributed by atoms with van der Waals surface area (Å²) in [6.07, 6.45) is 7.29. The lowest BCUT2D eigenvalue weighted by molar-refractivity contribution is -0.123. The first kappa shape index (κ1) is 16.8. The van der Waals surface area contributed by atoms with Gasteiger partial charge in [-0.15, -0.1) is 0 Å². The fourth-order valence-electron chi connectivity index (χ4n) is 4.01. The van der Waals surface area contributed by atoms with Crippen LogP contribution in [0.5, 0.6) is 0 Å². The number of hydrogen-bond donors (Lipinski definition) is 2. The monoisotopic (exact) mass is 295 g/mol. The molecule has 0 aromatic rings. The molecule has 21 heavy (non-hydrogen) atoms. The molecule has 0 radical (unpaired) electrons. The zero-order chi connectivity index (χ0) is 15.4. The molecule has 1 aliphatic heterocycles. The van der Waals surface area contributed by atoms with E-state index in [2.05, 4.69) is 43.5 Å². The normalized spacial score (nSPS) is 30.5. The maximum atomic E-state index is 12.6. The molecule has 2 aliphatic rings. The van der Waals surface area contributed by atoms with Crippen molar-refractivity contribution in [1.82, 2.24) is 15.5 Å². The van der Waals surface area contributed by atoms with Crippen LogP contribution < -0.4 is 10.6 Å². The number of hydrogen-bond acceptors (Lipinski definition) is 3. The fraction of sp³-hybridized carbons (Fsp3) is 0.941. The molecule has 0 aromatic heterocycles. The highest BCUT2D eigenvalue weighted by atomic mass is 16.2. The number of nitrogens with zero attached hydrogens (tertiary/aromatic N) is 1. The molecular weight excluding hydrogens is 262 g/mol. The van der Waals surface area contributed by atoms with Crippen molar-refractivity contribution in [1.29, 1.82) is 0 Å². The first-order chi connectivity index (χ1) is 9.95. The van der Waals surface area contributed by atoms with E-state index in [1.165, 1.54) is 25.7 Å². The van der Waals surface area contributed by atoms with Gasteiger partial charge in [-0.1, -0.05) is 26.7 Å². The highest BCUT2D eigenvalue weighted by Gasteiger charge is 2.38. The zero-order valence-corrected chi connectivity index (χ0v) is 14.2. The number of carbonyl (C=O) groups excluding carboxylic acids is 1. The van der Waals surface area contributed by atoms with Crippen LogP contribution in [0.1, 0.15) is 52.4 Å². The third kappa shape index (κ3) is 4.96. The summed E-state index contributed by atoms with van der Waals surface area (Å²) in [6.45, 7) is 5.36. The van der Waals surface area contributed by atoms with E-state index in [9.17, 15) is 4.79 Å². The zero-order valence-electron chi connectivity index (χ0n) is 14.2. The molecule has 1 amide bonds. The summed E-state index contributed by atoms with van der Waals surface area (Å²) in [5, 5.41) is 6.87. The van der Waals surface area contributed by atoms with Crippen LogP contribution in [-0.4, -0.2) is 49.6 Å². The molecule has 4 atom stereocenters. The number of likely N-dealkylation sites (N-methyl/N-ethyl adjacent to an activating group) is 1. The second kappa shape index (κ2) is 7.59. The van der Waals surface area contributed by atoms with E-state index in [1.807, 2.05) is 0 Å². The van der Waals surface area contributed by atoms with Crippen molar-refractivity contribution in [3.05, 3.63) is 0 Å². The molecule has 0 bridgehead atoms. The average molecular weight is 295 g/mol. The van der Waals surface area contributed by atoms with Crippen molar-refractivity contribution in [3.63, 3.8) is 0 Å². The molecule has 1 saturated carbocycles. The second-order valence-electron chi connectivity index (χ2n) is 7.70. The van der Waals surface area contributed by atoms with Gasteiger partial charge in [0.2, 0.25) is 5.91 Å². The molecule has 2 fully saturated rings. The van der Waals surface area contributed by atoms with Gasteiger partial charge in [0.25, 0.3) is 0 Å². The van der Waals surface area contributed by atoms with Gasteiger partial charge in [0, 0.05) is 18.6 Å². The Labute approximate surface area is 130 Å². The number of rotatable bonds is 6. The molecule has 122 valence electrons. The Morgan fingerprint density at radius 3 is 2.62 bits per heavy atom. The number of carbonyl (C=O) groups is 1. The van der Waals surface area contributed by atoms with Gasteiger partial charge in [-0.05, 0) is 51.6 Å². The van der Waals surface area contributed by atoms with Crippen molar-refractivity contribution in [2.24, 2.45) is 11.8 Å². The second-order valence-corrected chi connectivity index (χ2v) is 7.70. The minimum Gasteiger partial charge on any atom is -0.351 e. The van der Waals surface area contributed by atoms with Crippen molar-refractivity contribution in [2.45, 2.75) is 70.5 Å². The molecule has 0 aromatic carbocycles. The first-order valence-corrected chi connectivity index (χ1v) is 8.67. The maximum absolute atomic E-state index is 12.6. The third-order valence-corrected chi connectivity index (χ3v) is 4.87. The minimum atomic E-state index is 0.0370. The topological polar surface area (TPSA) is 44.4 Å². The van der Waals surface area contributed by atoms with Gasteiger partial charge in [0.15, 0.2) is 0 Å². The van der Waals surface area contributed by atoms with Crippen LogP contribution in [0.2, 0.25) is 0 Å². The van der Waals surface area contributed by atoms with Gasteiger partial charge in [0.1, 0.15) is 0 Å². The van der Waals surface area contributed by atoms with Crippen molar-refractivity contribution in [2.75, 3.05) is 20.6 Å². The Morgan fingerprint density at radius 2 is 2.00 bits per heavy atom. The van der Waals surface area contributed by atoms with Crippen LogP contribution in [0.3, 0.4) is 0 Å². The summed E-state index contributed by atoms with van der Waals surface area (Å²) >= 11 is 0. The molecule has 0 spiro atoms. The van der Waals surface area contributed by atoms with Crippen LogP contribution >= 0.6 is 0 Å². The largest absolute Gasteiger partial charge is 0.351 e. The van der Waals surface area contributed by atoms with Gasteiger partial charge in [-0.2, -0.15) is 0 Å². The predicted octanol–water partition coefficient (Wildman–Crippen LogP) is 2.00. The molecule has 1 heterocycles. The van der Waals surface area contributed by atoms with Crippen LogP contribution in [0, 0.1) is 11.8 Å². The Hall–Kier alpha value is -0.610. The number of nitrogens with one attached hydrogen (secondary N) is 2. The molecule has 4 unspecified atom stereocenters. The lowest BCUT2D eigenvalue weighted by Gasteiger charge is -2.25. The van der Waals surface area contributed by atoms with Gasteiger partial charge >= 0.3 is 0 Å². The number of amides is 1. The fourth-order valence-corrected chi connectivity index (χ4v) is 4.01. The van der Waals surface area contributed by atoms with Gasteiger partial charge < -0.3 is 15.5 Å².